The predicted octanol–water partition coefficient (Wildman–Crippen LogP) is 2.75. The van der Waals surface area contributed by atoms with E-state index in [0.29, 0.717) is 6.61 Å². The maximum atomic E-state index is 5.63. The summed E-state index contributed by atoms with van der Waals surface area (Å²) in [6.07, 6.45) is 3.34. The zero-order valence-corrected chi connectivity index (χ0v) is 12.9. The summed E-state index contributed by atoms with van der Waals surface area (Å²) >= 11 is 1.81. The average molecular weight is 280 g/mol. The van der Waals surface area contributed by atoms with Gasteiger partial charge in [0, 0.05) is 11.1 Å². The maximum absolute atomic E-state index is 5.63. The highest BCUT2D eigenvalue weighted by Gasteiger charge is 2.21. The quantitative estimate of drug-likeness (QED) is 0.626. The third kappa shape index (κ3) is 3.96. The highest BCUT2D eigenvalue weighted by atomic mass is 32.1. The lowest BCUT2D eigenvalue weighted by Crippen LogP contribution is -2.37. The van der Waals surface area contributed by atoms with Crippen molar-refractivity contribution in [3.63, 3.8) is 0 Å². The van der Waals surface area contributed by atoms with Gasteiger partial charge < -0.3 is 9.47 Å². The molecule has 1 aromatic heterocycles. The van der Waals surface area contributed by atoms with Gasteiger partial charge in [0.1, 0.15) is 6.61 Å². The zero-order chi connectivity index (χ0) is 12.8. The van der Waals surface area contributed by atoms with E-state index in [1.165, 1.54) is 10.9 Å². The van der Waals surface area contributed by atoms with Crippen molar-refractivity contribution in [2.75, 3.05) is 13.2 Å². The summed E-state index contributed by atoms with van der Waals surface area (Å²) in [6.45, 7) is 5.88. The fourth-order valence-electron chi connectivity index (χ4n) is 1.93. The minimum atomic E-state index is -1.58. The molecule has 2 rings (SSSR count). The summed E-state index contributed by atoms with van der Waals surface area (Å²) in [7, 11) is -1.58. The third-order valence-electron chi connectivity index (χ3n) is 3.02. The SMILES string of the molecule is C[Si](C)(C#CCOC1CCCCO1)c1cccs1. The highest BCUT2D eigenvalue weighted by Crippen LogP contribution is 2.13. The fourth-order valence-corrected chi connectivity index (χ4v) is 5.08. The van der Waals surface area contributed by atoms with Crippen LogP contribution in [-0.4, -0.2) is 27.6 Å². The van der Waals surface area contributed by atoms with Gasteiger partial charge in [0.15, 0.2) is 14.4 Å². The lowest BCUT2D eigenvalue weighted by atomic mass is 10.2. The van der Waals surface area contributed by atoms with Gasteiger partial charge in [-0.05, 0) is 24.6 Å². The first-order chi connectivity index (χ1) is 8.68. The van der Waals surface area contributed by atoms with Crippen LogP contribution in [0.1, 0.15) is 19.3 Å². The van der Waals surface area contributed by atoms with Crippen LogP contribution in [0.2, 0.25) is 13.1 Å². The maximum Gasteiger partial charge on any atom is 0.174 e. The van der Waals surface area contributed by atoms with Gasteiger partial charge in [-0.25, -0.2) is 0 Å². The van der Waals surface area contributed by atoms with E-state index < -0.39 is 8.07 Å². The van der Waals surface area contributed by atoms with Crippen LogP contribution in [0.4, 0.5) is 0 Å². The largest absolute Gasteiger partial charge is 0.353 e. The summed E-state index contributed by atoms with van der Waals surface area (Å²) < 4.78 is 12.6. The number of ether oxygens (including phenoxy) is 2. The van der Waals surface area contributed by atoms with Gasteiger partial charge >= 0.3 is 0 Å². The second-order valence-electron chi connectivity index (χ2n) is 5.01. The van der Waals surface area contributed by atoms with Crippen LogP contribution in [0.25, 0.3) is 0 Å². The summed E-state index contributed by atoms with van der Waals surface area (Å²) in [5, 5.41) is 2.12. The first kappa shape index (κ1) is 13.8. The van der Waals surface area contributed by atoms with Crippen LogP contribution < -0.4 is 4.50 Å². The van der Waals surface area contributed by atoms with Gasteiger partial charge in [0.2, 0.25) is 0 Å². The second-order valence-corrected chi connectivity index (χ2v) is 10.4. The molecule has 4 heteroatoms. The van der Waals surface area contributed by atoms with Gasteiger partial charge in [-0.2, -0.15) is 11.3 Å². The summed E-state index contributed by atoms with van der Waals surface area (Å²) in [5.74, 6) is 3.18. The Morgan fingerprint density at radius 1 is 1.50 bits per heavy atom. The van der Waals surface area contributed by atoms with Gasteiger partial charge in [0.25, 0.3) is 0 Å². The van der Waals surface area contributed by atoms with Crippen molar-refractivity contribution in [1.82, 2.24) is 0 Å². The molecule has 0 aliphatic carbocycles. The molecule has 0 radical (unpaired) electrons. The lowest BCUT2D eigenvalue weighted by molar-refractivity contribution is -0.154. The molecular formula is C14H20O2SSi. The standard InChI is InChI=1S/C14H20O2SSi/c1-18(2,14-8-5-11-17-14)12-6-10-16-13-7-3-4-9-15-13/h5,8,11,13H,3-4,7,9-10H2,1-2H3. The molecule has 0 spiro atoms. The molecule has 1 aromatic rings. The van der Waals surface area contributed by atoms with Crippen molar-refractivity contribution in [3.8, 4) is 11.5 Å². The van der Waals surface area contributed by atoms with Crippen LogP contribution >= 0.6 is 11.3 Å². The van der Waals surface area contributed by atoms with E-state index in [4.69, 9.17) is 9.47 Å². The van der Waals surface area contributed by atoms with E-state index in [-0.39, 0.29) is 6.29 Å². The monoisotopic (exact) mass is 280 g/mol. The van der Waals surface area contributed by atoms with Gasteiger partial charge in [-0.15, -0.1) is 5.54 Å². The molecular weight excluding hydrogens is 260 g/mol. The van der Waals surface area contributed by atoms with E-state index in [1.807, 2.05) is 11.3 Å². The predicted molar refractivity (Wildman–Crippen MR) is 78.8 cm³/mol. The number of hydrogen-bond donors (Lipinski definition) is 0. The molecule has 1 aliphatic heterocycles. The Morgan fingerprint density at radius 3 is 3.06 bits per heavy atom. The van der Waals surface area contributed by atoms with E-state index in [9.17, 15) is 0 Å². The average Bonchev–Trinajstić information content (AvgIpc) is 2.91. The van der Waals surface area contributed by atoms with E-state index in [1.54, 1.807) is 0 Å². The molecule has 1 fully saturated rings. The molecule has 0 saturated carbocycles. The van der Waals surface area contributed by atoms with E-state index in [0.717, 1.165) is 19.4 Å². The summed E-state index contributed by atoms with van der Waals surface area (Å²) in [5.41, 5.74) is 3.42. The van der Waals surface area contributed by atoms with Crippen LogP contribution in [0.3, 0.4) is 0 Å². The van der Waals surface area contributed by atoms with Crippen LogP contribution in [0.15, 0.2) is 17.5 Å². The Morgan fingerprint density at radius 2 is 2.39 bits per heavy atom. The molecule has 98 valence electrons. The molecule has 0 amide bonds. The molecule has 1 aliphatic rings. The summed E-state index contributed by atoms with van der Waals surface area (Å²) in [4.78, 5) is 0. The zero-order valence-electron chi connectivity index (χ0n) is 11.1. The first-order valence-electron chi connectivity index (χ1n) is 6.46. The minimum absolute atomic E-state index is 0.0282. The highest BCUT2D eigenvalue weighted by molar-refractivity contribution is 7.26. The van der Waals surface area contributed by atoms with Crippen molar-refractivity contribution in [3.05, 3.63) is 17.5 Å². The number of rotatable bonds is 3. The van der Waals surface area contributed by atoms with Crippen molar-refractivity contribution < 1.29 is 9.47 Å². The fraction of sp³-hybridized carbons (Fsp3) is 0.571. The van der Waals surface area contributed by atoms with Crippen molar-refractivity contribution in [2.45, 2.75) is 38.6 Å². The Bertz CT molecular complexity index is 411. The summed E-state index contributed by atoms with van der Waals surface area (Å²) in [6, 6.07) is 4.29. The molecule has 1 unspecified atom stereocenters. The molecule has 2 nitrogen and oxygen atoms in total. The number of thiophene rings is 1. The molecule has 0 aromatic carbocycles. The molecule has 2 heterocycles. The first-order valence-corrected chi connectivity index (χ1v) is 10.3. The second kappa shape index (κ2) is 6.53. The van der Waals surface area contributed by atoms with Crippen molar-refractivity contribution >= 4 is 23.9 Å². The van der Waals surface area contributed by atoms with Crippen molar-refractivity contribution in [2.24, 2.45) is 0 Å². The smallest absolute Gasteiger partial charge is 0.174 e. The van der Waals surface area contributed by atoms with E-state index in [2.05, 4.69) is 42.1 Å². The Balaban J connectivity index is 1.81. The lowest BCUT2D eigenvalue weighted by Gasteiger charge is -2.21. The number of hydrogen-bond acceptors (Lipinski definition) is 3. The molecule has 1 saturated heterocycles. The van der Waals surface area contributed by atoms with Crippen LogP contribution in [0, 0.1) is 11.5 Å². The van der Waals surface area contributed by atoms with Crippen LogP contribution in [-0.2, 0) is 9.47 Å². The Labute approximate surface area is 114 Å². The molecule has 0 bridgehead atoms. The minimum Gasteiger partial charge on any atom is -0.353 e. The van der Waals surface area contributed by atoms with Crippen LogP contribution in [0.5, 0.6) is 0 Å². The topological polar surface area (TPSA) is 18.5 Å². The Kier molecular flexibility index (Phi) is 5.01. The third-order valence-corrected chi connectivity index (χ3v) is 7.79. The normalized spacial score (nSPS) is 20.2. The van der Waals surface area contributed by atoms with Crippen molar-refractivity contribution in [1.29, 1.82) is 0 Å². The van der Waals surface area contributed by atoms with E-state index >= 15 is 0 Å². The van der Waals surface area contributed by atoms with Gasteiger partial charge in [-0.1, -0.05) is 31.1 Å². The van der Waals surface area contributed by atoms with Gasteiger partial charge in [0.05, 0.1) is 0 Å². The van der Waals surface area contributed by atoms with Gasteiger partial charge in [-0.3, -0.25) is 0 Å². The molecule has 0 N–H and O–H groups in total. The molecule has 1 atom stereocenters. The Hall–Kier alpha value is -0.603. The molecule has 18 heavy (non-hydrogen) atoms.